The van der Waals surface area contributed by atoms with Crippen molar-refractivity contribution in [2.24, 2.45) is 0 Å². The molecular weight excluding hydrogens is 215 g/mol. The zero-order valence-electron chi connectivity index (χ0n) is 7.96. The van der Waals surface area contributed by atoms with Gasteiger partial charge in [0.1, 0.15) is 0 Å². The first-order valence-electron chi connectivity index (χ1n) is 4.11. The average molecular weight is 227 g/mol. The van der Waals surface area contributed by atoms with E-state index in [1.165, 1.54) is 6.08 Å². The minimum absolute atomic E-state index is 0.0251. The number of aliphatic hydroxyl groups excluding tert-OH is 1. The van der Waals surface area contributed by atoms with E-state index in [9.17, 15) is 18.0 Å². The lowest BCUT2D eigenvalue weighted by atomic mass is 10.5. The van der Waals surface area contributed by atoms with Gasteiger partial charge in [-0.05, 0) is 0 Å². The van der Waals surface area contributed by atoms with Crippen LogP contribution in [0.4, 0.5) is 18.0 Å². The van der Waals surface area contributed by atoms with E-state index >= 15 is 0 Å². The summed E-state index contributed by atoms with van der Waals surface area (Å²) in [4.78, 5) is 11.9. The standard InChI is InChI=1S/C8H12F3NO3/c1-2-3-12(4-5-13)7(14)15-6-8(9,10)11/h2,13H,1,3-6H2. The van der Waals surface area contributed by atoms with Crippen LogP contribution in [-0.4, -0.2) is 48.6 Å². The Morgan fingerprint density at radius 3 is 2.53 bits per heavy atom. The second-order valence-corrected chi connectivity index (χ2v) is 2.63. The fourth-order valence-corrected chi connectivity index (χ4v) is 0.769. The van der Waals surface area contributed by atoms with Crippen molar-refractivity contribution in [3.05, 3.63) is 12.7 Å². The van der Waals surface area contributed by atoms with Gasteiger partial charge in [-0.1, -0.05) is 6.08 Å². The smallest absolute Gasteiger partial charge is 0.422 e. The Kier molecular flexibility index (Phi) is 5.76. The van der Waals surface area contributed by atoms with Crippen LogP contribution >= 0.6 is 0 Å². The quantitative estimate of drug-likeness (QED) is 0.717. The van der Waals surface area contributed by atoms with Crippen LogP contribution in [0.3, 0.4) is 0 Å². The maximum absolute atomic E-state index is 11.7. The third-order valence-corrected chi connectivity index (χ3v) is 1.34. The topological polar surface area (TPSA) is 49.8 Å². The minimum Gasteiger partial charge on any atom is -0.440 e. The lowest BCUT2D eigenvalue weighted by molar-refractivity contribution is -0.162. The van der Waals surface area contributed by atoms with Crippen LogP contribution in [-0.2, 0) is 4.74 Å². The number of carbonyl (C=O) groups is 1. The Labute approximate surface area is 84.9 Å². The second kappa shape index (κ2) is 6.28. The molecule has 88 valence electrons. The van der Waals surface area contributed by atoms with Crippen LogP contribution < -0.4 is 0 Å². The molecule has 0 aromatic heterocycles. The average Bonchev–Trinajstić information content (AvgIpc) is 2.13. The van der Waals surface area contributed by atoms with Gasteiger partial charge in [-0.2, -0.15) is 13.2 Å². The van der Waals surface area contributed by atoms with Crippen LogP contribution in [0.5, 0.6) is 0 Å². The van der Waals surface area contributed by atoms with E-state index in [0.717, 1.165) is 4.90 Å². The Balaban J connectivity index is 4.07. The largest absolute Gasteiger partial charge is 0.440 e. The zero-order chi connectivity index (χ0) is 11.9. The molecule has 0 aromatic carbocycles. The molecule has 1 amide bonds. The minimum atomic E-state index is -4.55. The Morgan fingerprint density at radius 2 is 2.13 bits per heavy atom. The number of nitrogens with zero attached hydrogens (tertiary/aromatic N) is 1. The second-order valence-electron chi connectivity index (χ2n) is 2.63. The summed E-state index contributed by atoms with van der Waals surface area (Å²) in [7, 11) is 0. The summed E-state index contributed by atoms with van der Waals surface area (Å²) in [6, 6.07) is 0. The number of hydrogen-bond donors (Lipinski definition) is 1. The van der Waals surface area contributed by atoms with Gasteiger partial charge in [0.15, 0.2) is 6.61 Å². The molecule has 0 saturated heterocycles. The van der Waals surface area contributed by atoms with E-state index in [4.69, 9.17) is 5.11 Å². The number of amides is 1. The van der Waals surface area contributed by atoms with Gasteiger partial charge in [0.05, 0.1) is 6.61 Å². The van der Waals surface area contributed by atoms with E-state index in [1.54, 1.807) is 0 Å². The highest BCUT2D eigenvalue weighted by atomic mass is 19.4. The fraction of sp³-hybridized carbons (Fsp3) is 0.625. The summed E-state index contributed by atoms with van der Waals surface area (Å²) in [6.07, 6.45) is -4.35. The Morgan fingerprint density at radius 1 is 1.53 bits per heavy atom. The van der Waals surface area contributed by atoms with E-state index in [2.05, 4.69) is 11.3 Å². The molecule has 0 rings (SSSR count). The van der Waals surface area contributed by atoms with Gasteiger partial charge < -0.3 is 14.7 Å². The van der Waals surface area contributed by atoms with Crippen molar-refractivity contribution in [3.8, 4) is 0 Å². The predicted molar refractivity (Wildman–Crippen MR) is 46.3 cm³/mol. The lowest BCUT2D eigenvalue weighted by Gasteiger charge is -2.19. The van der Waals surface area contributed by atoms with Crippen LogP contribution in [0, 0.1) is 0 Å². The van der Waals surface area contributed by atoms with Crippen molar-refractivity contribution in [1.29, 1.82) is 0 Å². The van der Waals surface area contributed by atoms with Crippen LogP contribution in [0.2, 0.25) is 0 Å². The van der Waals surface area contributed by atoms with Crippen molar-refractivity contribution in [2.75, 3.05) is 26.3 Å². The number of alkyl halides is 3. The molecule has 0 aliphatic heterocycles. The molecule has 0 radical (unpaired) electrons. The first-order chi connectivity index (χ1) is 6.90. The summed E-state index contributed by atoms with van der Waals surface area (Å²) >= 11 is 0. The summed E-state index contributed by atoms with van der Waals surface area (Å²) in [5.74, 6) is 0. The van der Waals surface area contributed by atoms with E-state index in [-0.39, 0.29) is 19.7 Å². The van der Waals surface area contributed by atoms with Crippen LogP contribution in [0.25, 0.3) is 0 Å². The van der Waals surface area contributed by atoms with Gasteiger partial charge in [0, 0.05) is 13.1 Å². The van der Waals surface area contributed by atoms with Crippen LogP contribution in [0.1, 0.15) is 0 Å². The number of halogens is 3. The SMILES string of the molecule is C=CCN(CCO)C(=O)OCC(F)(F)F. The Bertz CT molecular complexity index is 218. The number of aliphatic hydroxyl groups is 1. The lowest BCUT2D eigenvalue weighted by Crippen LogP contribution is -2.36. The fourth-order valence-electron chi connectivity index (χ4n) is 0.769. The van der Waals surface area contributed by atoms with Gasteiger partial charge >= 0.3 is 12.3 Å². The molecule has 0 aliphatic rings. The molecule has 0 heterocycles. The van der Waals surface area contributed by atoms with Crippen molar-refractivity contribution < 1.29 is 27.8 Å². The van der Waals surface area contributed by atoms with E-state index in [0.29, 0.717) is 0 Å². The highest BCUT2D eigenvalue weighted by Gasteiger charge is 2.30. The summed E-state index contributed by atoms with van der Waals surface area (Å²) in [5, 5.41) is 8.53. The number of rotatable bonds is 5. The van der Waals surface area contributed by atoms with Gasteiger partial charge in [0.25, 0.3) is 0 Å². The molecule has 7 heteroatoms. The summed E-state index contributed by atoms with van der Waals surface area (Å²) in [6.45, 7) is 1.26. The molecule has 0 saturated carbocycles. The maximum atomic E-state index is 11.7. The van der Waals surface area contributed by atoms with Gasteiger partial charge in [-0.15, -0.1) is 6.58 Å². The normalized spacial score (nSPS) is 10.9. The van der Waals surface area contributed by atoms with Crippen molar-refractivity contribution in [3.63, 3.8) is 0 Å². The maximum Gasteiger partial charge on any atom is 0.422 e. The highest BCUT2D eigenvalue weighted by Crippen LogP contribution is 2.15. The highest BCUT2D eigenvalue weighted by molar-refractivity contribution is 5.67. The van der Waals surface area contributed by atoms with E-state index < -0.39 is 18.9 Å². The first kappa shape index (κ1) is 13.8. The molecule has 0 atom stereocenters. The summed E-state index contributed by atoms with van der Waals surface area (Å²) < 4.78 is 39.0. The predicted octanol–water partition coefficient (Wildman–Crippen LogP) is 1.17. The van der Waals surface area contributed by atoms with Crippen molar-refractivity contribution >= 4 is 6.09 Å². The molecule has 15 heavy (non-hydrogen) atoms. The third-order valence-electron chi connectivity index (χ3n) is 1.34. The molecule has 0 aromatic rings. The van der Waals surface area contributed by atoms with Crippen molar-refractivity contribution in [2.45, 2.75) is 6.18 Å². The van der Waals surface area contributed by atoms with Gasteiger partial charge in [0.2, 0.25) is 0 Å². The Hall–Kier alpha value is -1.24. The van der Waals surface area contributed by atoms with Gasteiger partial charge in [-0.3, -0.25) is 0 Å². The molecule has 0 spiro atoms. The molecule has 1 N–H and O–H groups in total. The van der Waals surface area contributed by atoms with Gasteiger partial charge in [-0.25, -0.2) is 4.79 Å². The monoisotopic (exact) mass is 227 g/mol. The molecule has 0 fully saturated rings. The molecule has 0 aliphatic carbocycles. The zero-order valence-corrected chi connectivity index (χ0v) is 7.96. The number of ether oxygens (including phenoxy) is 1. The van der Waals surface area contributed by atoms with E-state index in [1.807, 2.05) is 0 Å². The van der Waals surface area contributed by atoms with Crippen molar-refractivity contribution in [1.82, 2.24) is 4.90 Å². The van der Waals surface area contributed by atoms with Crippen LogP contribution in [0.15, 0.2) is 12.7 Å². The number of carbonyl (C=O) groups excluding carboxylic acids is 1. The molecule has 0 unspecified atom stereocenters. The number of hydrogen-bond acceptors (Lipinski definition) is 3. The third kappa shape index (κ3) is 6.78. The first-order valence-corrected chi connectivity index (χ1v) is 4.11. The molecule has 0 bridgehead atoms. The summed E-state index contributed by atoms with van der Waals surface area (Å²) in [5.41, 5.74) is 0. The molecular formula is C8H12F3NO3. The molecule has 4 nitrogen and oxygen atoms in total.